The largest absolute Gasteiger partial charge is 0.464 e. The number of aliphatic hydroxyl groups is 1. The molecule has 2 aromatic carbocycles. The molecular formula is C23H17F4N5O4S. The molecule has 0 aliphatic rings. The Balaban J connectivity index is 2.02. The number of nitrogens with one attached hydrogen (secondary N) is 1. The van der Waals surface area contributed by atoms with Crippen LogP contribution in [0.3, 0.4) is 0 Å². The van der Waals surface area contributed by atoms with E-state index in [0.717, 1.165) is 18.3 Å². The molecule has 3 aromatic rings. The van der Waals surface area contributed by atoms with Gasteiger partial charge in [0.2, 0.25) is 0 Å². The molecule has 3 rings (SSSR count). The normalized spacial score (nSPS) is 12.6. The third kappa shape index (κ3) is 5.85. The van der Waals surface area contributed by atoms with Gasteiger partial charge in [-0.1, -0.05) is 0 Å². The molecular weight excluding hydrogens is 518 g/mol. The van der Waals surface area contributed by atoms with Crippen molar-refractivity contribution in [3.63, 3.8) is 0 Å². The van der Waals surface area contributed by atoms with E-state index in [1.807, 2.05) is 6.07 Å². The van der Waals surface area contributed by atoms with Crippen LogP contribution in [0.4, 0.5) is 22.4 Å². The van der Waals surface area contributed by atoms with E-state index in [-0.39, 0.29) is 22.6 Å². The summed E-state index contributed by atoms with van der Waals surface area (Å²) < 4.78 is 65.3. The summed E-state index contributed by atoms with van der Waals surface area (Å²) in [5, 5.41) is 28.6. The van der Waals surface area contributed by atoms with Crippen molar-refractivity contribution in [2.45, 2.75) is 11.5 Å². The quantitative estimate of drug-likeness (QED) is 0.202. The number of halogens is 4. The Morgan fingerprint density at radius 3 is 2.32 bits per heavy atom. The van der Waals surface area contributed by atoms with Gasteiger partial charge in [0.1, 0.15) is 28.8 Å². The van der Waals surface area contributed by atoms with E-state index in [2.05, 4.69) is 17.2 Å². The topological polar surface area (TPSA) is 145 Å². The Hall–Kier alpha value is -4.48. The second-order valence-electron chi connectivity index (χ2n) is 7.52. The van der Waals surface area contributed by atoms with Gasteiger partial charge in [0.15, 0.2) is 10.7 Å². The molecule has 0 unspecified atom stereocenters. The van der Waals surface area contributed by atoms with E-state index < -0.39 is 52.2 Å². The number of alkyl halides is 2. The maximum atomic E-state index is 15.8. The number of nitrogens with two attached hydrogens (primary N) is 1. The van der Waals surface area contributed by atoms with Gasteiger partial charge in [-0.15, -0.1) is 0 Å². The second-order valence-corrected chi connectivity index (χ2v) is 7.94. The van der Waals surface area contributed by atoms with Crippen LogP contribution in [0.1, 0.15) is 16.8 Å². The molecule has 9 nitrogen and oxygen atoms in total. The molecule has 0 radical (unpaired) electrons. The minimum atomic E-state index is -4.41. The minimum Gasteiger partial charge on any atom is -0.464 e. The van der Waals surface area contributed by atoms with Crippen LogP contribution >= 0.6 is 12.2 Å². The first-order valence-corrected chi connectivity index (χ1v) is 10.5. The van der Waals surface area contributed by atoms with Crippen LogP contribution in [0.5, 0.6) is 11.5 Å². The number of amides is 1. The van der Waals surface area contributed by atoms with Gasteiger partial charge in [0.05, 0.1) is 24.4 Å². The molecule has 0 bridgehead atoms. The average molecular weight is 535 g/mol. The highest BCUT2D eigenvalue weighted by molar-refractivity contribution is 7.80. The maximum absolute atomic E-state index is 15.8. The van der Waals surface area contributed by atoms with Crippen molar-refractivity contribution in [3.8, 4) is 17.6 Å². The maximum Gasteiger partial charge on any atom is 0.423 e. The Bertz CT molecular complexity index is 1350. The fraction of sp³-hybridized carbons (Fsp3) is 0.130. The third-order valence-electron chi connectivity index (χ3n) is 5.06. The zero-order valence-corrected chi connectivity index (χ0v) is 19.3. The molecule has 0 saturated carbocycles. The van der Waals surface area contributed by atoms with Crippen LogP contribution in [-0.2, 0) is 11.5 Å². The number of carbonyl (C=O) groups is 1. The highest BCUT2D eigenvalue weighted by Gasteiger charge is 2.58. The van der Waals surface area contributed by atoms with E-state index >= 15 is 8.78 Å². The monoisotopic (exact) mass is 535 g/mol. The number of rotatable bonds is 7. The summed E-state index contributed by atoms with van der Waals surface area (Å²) in [5.41, 5.74) is 1.71. The number of nitrogens with zero attached hydrogens (tertiary/aromatic N) is 3. The van der Waals surface area contributed by atoms with Crippen LogP contribution in [0.25, 0.3) is 0 Å². The molecule has 0 aliphatic carbocycles. The Labute approximate surface area is 212 Å². The summed E-state index contributed by atoms with van der Waals surface area (Å²) >= 11 is 4.66. The van der Waals surface area contributed by atoms with E-state index in [1.165, 1.54) is 24.3 Å². The SMILES string of the molecule is N#Cc1ccc(Oc2ccc(C(F)(F)[C@@](O)(CN(NC(=O)O)C(N)=S)c3ccc(F)cc3F)nc2)cc1. The zero-order chi connectivity index (χ0) is 27.4. The van der Waals surface area contributed by atoms with Crippen molar-refractivity contribution in [2.75, 3.05) is 6.54 Å². The number of hydrogen-bond donors (Lipinski definition) is 4. The lowest BCUT2D eigenvalue weighted by molar-refractivity contribution is -0.205. The first kappa shape index (κ1) is 27.1. The number of hydrogen-bond acceptors (Lipinski definition) is 6. The lowest BCUT2D eigenvalue weighted by atomic mass is 9.84. The van der Waals surface area contributed by atoms with Crippen LogP contribution in [0.15, 0.2) is 60.8 Å². The van der Waals surface area contributed by atoms with Gasteiger partial charge in [-0.3, -0.25) is 9.99 Å². The molecule has 1 heterocycles. The highest BCUT2D eigenvalue weighted by atomic mass is 32.1. The number of benzene rings is 2. The first-order valence-electron chi connectivity index (χ1n) is 10.1. The average Bonchev–Trinajstić information content (AvgIpc) is 2.84. The van der Waals surface area contributed by atoms with E-state index in [9.17, 15) is 18.7 Å². The number of ether oxygens (including phenoxy) is 1. The highest BCUT2D eigenvalue weighted by Crippen LogP contribution is 2.46. The van der Waals surface area contributed by atoms with Crippen molar-refractivity contribution in [3.05, 3.63) is 89.2 Å². The van der Waals surface area contributed by atoms with E-state index in [0.29, 0.717) is 17.7 Å². The van der Waals surface area contributed by atoms with Crippen molar-refractivity contribution in [2.24, 2.45) is 5.73 Å². The third-order valence-corrected chi connectivity index (χ3v) is 5.28. The van der Waals surface area contributed by atoms with Gasteiger partial charge in [0, 0.05) is 11.6 Å². The van der Waals surface area contributed by atoms with Crippen molar-refractivity contribution < 1.29 is 37.3 Å². The molecule has 0 fully saturated rings. The lowest BCUT2D eigenvalue weighted by Crippen LogP contribution is -2.59. The fourth-order valence-corrected chi connectivity index (χ4v) is 3.38. The van der Waals surface area contributed by atoms with Gasteiger partial charge in [-0.25, -0.2) is 19.0 Å². The van der Waals surface area contributed by atoms with Crippen LogP contribution in [-0.4, -0.2) is 38.0 Å². The molecule has 1 atom stereocenters. The van der Waals surface area contributed by atoms with Gasteiger partial charge >= 0.3 is 12.0 Å². The predicted molar refractivity (Wildman–Crippen MR) is 124 cm³/mol. The molecule has 1 aromatic heterocycles. The summed E-state index contributed by atoms with van der Waals surface area (Å²) in [6.07, 6.45) is -0.857. The summed E-state index contributed by atoms with van der Waals surface area (Å²) in [7, 11) is 0. The molecule has 0 saturated heterocycles. The zero-order valence-electron chi connectivity index (χ0n) is 18.5. The number of hydrazine groups is 1. The molecule has 1 amide bonds. The molecule has 192 valence electrons. The first-order chi connectivity index (χ1) is 17.4. The van der Waals surface area contributed by atoms with Crippen molar-refractivity contribution in [1.29, 1.82) is 5.26 Å². The fourth-order valence-electron chi connectivity index (χ4n) is 3.27. The number of thiocarbonyl (C=S) groups is 1. The van der Waals surface area contributed by atoms with E-state index in [1.54, 1.807) is 5.43 Å². The Kier molecular flexibility index (Phi) is 7.80. The smallest absolute Gasteiger partial charge is 0.423 e. The minimum absolute atomic E-state index is 0.0121. The van der Waals surface area contributed by atoms with Crippen LogP contribution in [0.2, 0.25) is 0 Å². The number of carboxylic acid groups (broad SMARTS) is 1. The van der Waals surface area contributed by atoms with Gasteiger partial charge < -0.3 is 20.7 Å². The van der Waals surface area contributed by atoms with Crippen molar-refractivity contribution >= 4 is 23.4 Å². The summed E-state index contributed by atoms with van der Waals surface area (Å²) in [4.78, 5) is 14.7. The number of nitriles is 1. The summed E-state index contributed by atoms with van der Waals surface area (Å²) in [6.45, 7) is -1.38. The molecule has 0 spiro atoms. The Morgan fingerprint density at radius 1 is 1.16 bits per heavy atom. The van der Waals surface area contributed by atoms with Crippen LogP contribution in [0, 0.1) is 23.0 Å². The van der Waals surface area contributed by atoms with E-state index in [4.69, 9.17) is 20.8 Å². The molecule has 14 heteroatoms. The predicted octanol–water partition coefficient (Wildman–Crippen LogP) is 3.73. The number of aromatic nitrogens is 1. The molecule has 37 heavy (non-hydrogen) atoms. The lowest BCUT2D eigenvalue weighted by Gasteiger charge is -2.39. The Morgan fingerprint density at radius 2 is 1.81 bits per heavy atom. The standard InChI is InChI=1S/C23H17F4N5O4S/c24-14-3-7-17(18(25)9-14)22(35,12-32(20(29)37)31-21(33)34)23(26,27)19-8-6-16(11-30-19)36-15-4-1-13(10-28)2-5-15/h1-9,11,31,35H,12H2,(H2,29,37)(H,33,34)/t22-/m1/s1. The van der Waals surface area contributed by atoms with Crippen molar-refractivity contribution in [1.82, 2.24) is 15.4 Å². The van der Waals surface area contributed by atoms with Gasteiger partial charge in [-0.05, 0) is 60.7 Å². The molecule has 5 N–H and O–H groups in total. The number of pyridine rings is 1. The van der Waals surface area contributed by atoms with Gasteiger partial charge in [-0.2, -0.15) is 14.0 Å². The molecule has 0 aliphatic heterocycles. The van der Waals surface area contributed by atoms with Gasteiger partial charge in [0.25, 0.3) is 0 Å². The summed E-state index contributed by atoms with van der Waals surface area (Å²) in [5.74, 6) is -6.78. The second kappa shape index (κ2) is 10.6. The summed E-state index contributed by atoms with van der Waals surface area (Å²) in [6, 6.07) is 11.2. The van der Waals surface area contributed by atoms with Crippen LogP contribution < -0.4 is 15.9 Å².